The molecule has 3 saturated carbocycles. The fourth-order valence-electron chi connectivity index (χ4n) is 14.3. The molecular weight excluding hydrogens is 1520 g/mol. The minimum atomic E-state index is -2.75. The Morgan fingerprint density at radius 2 is 1.19 bits per heavy atom. The number of amides is 8. The van der Waals surface area contributed by atoms with Gasteiger partial charge < -0.3 is 98.8 Å². The lowest BCUT2D eigenvalue weighted by atomic mass is 9.68. The molecule has 5 aliphatic rings. The van der Waals surface area contributed by atoms with Crippen LogP contribution in [0.5, 0.6) is 11.5 Å². The number of rotatable bonds is 43. The summed E-state index contributed by atoms with van der Waals surface area (Å²) in [6, 6.07) is 23.0. The number of nitrogens with zero attached hydrogens (tertiary/aromatic N) is 6. The maximum absolute atomic E-state index is 15.0. The van der Waals surface area contributed by atoms with Crippen molar-refractivity contribution in [3.05, 3.63) is 120 Å². The van der Waals surface area contributed by atoms with Gasteiger partial charge in [0.15, 0.2) is 5.16 Å². The van der Waals surface area contributed by atoms with E-state index in [2.05, 4.69) is 43.9 Å². The second-order valence-corrected chi connectivity index (χ2v) is 29.8. The fraction of sp³-hybridized carbons (Fsp3) is 0.506. The number of likely N-dealkylation sites (N-methyl/N-ethyl adjacent to an activating group) is 2. The Morgan fingerprint density at radius 3 is 1.75 bits per heavy atom. The highest BCUT2D eigenvalue weighted by Crippen LogP contribution is 2.64. The molecule has 3 aliphatic carbocycles. The van der Waals surface area contributed by atoms with Gasteiger partial charge in [-0.25, -0.2) is 19.6 Å². The normalized spacial score (nSPS) is 17.9. The van der Waals surface area contributed by atoms with E-state index in [0.717, 1.165) is 21.9 Å². The lowest BCUT2D eigenvalue weighted by molar-refractivity contribution is -0.132. The number of nitrogens with one attached hydrogen (secondary N) is 4. The average molecular weight is 1620 g/mol. The molecule has 5 atom stereocenters. The van der Waals surface area contributed by atoms with Crippen LogP contribution in [0.2, 0.25) is 0 Å². The molecule has 8 N–H and O–H groups in total. The van der Waals surface area contributed by atoms with Gasteiger partial charge in [-0.15, -0.1) is 35.8 Å². The van der Waals surface area contributed by atoms with E-state index in [1.165, 1.54) is 29.2 Å². The number of hydrogen-bond acceptors (Lipinski definition) is 23. The maximum Gasteiger partial charge on any atom is 0.415 e. The SMILES string of the molecule is CC(C)C(NC(=O)CCOCCOCCOCCOCCOCCOCCNC(=O)c1cnc(S)nc1)C(=O)N[C@@H](CCCN)C(=O)Nc1ccc(COC(=O)N(C)CCN(C)C(=O)Oc2cc3c(c4ccccc24)[C@H](CCl)CN3C(=O)C2CC3(C(=O)N4C[C@@H](CCl)c5c4cc(OP(O)O)c4ccccc54)CC2C3)cc1. The van der Waals surface area contributed by atoms with Gasteiger partial charge in [0.2, 0.25) is 29.5 Å². The van der Waals surface area contributed by atoms with Gasteiger partial charge in [0.1, 0.15) is 30.2 Å². The zero-order valence-electron chi connectivity index (χ0n) is 62.6. The first-order valence-electron chi connectivity index (χ1n) is 37.1. The van der Waals surface area contributed by atoms with E-state index >= 15 is 4.79 Å². The molecule has 3 heterocycles. The first-order valence-corrected chi connectivity index (χ1v) is 39.8. The number of halogens is 2. The topological polar surface area (TPSA) is 373 Å². The molecule has 0 saturated heterocycles. The van der Waals surface area contributed by atoms with Gasteiger partial charge in [-0.2, -0.15) is 0 Å². The van der Waals surface area contributed by atoms with E-state index in [4.69, 9.17) is 71.4 Å². The number of fused-ring (bicyclic) bond motifs is 7. The number of aromatic nitrogens is 2. The smallest absolute Gasteiger partial charge is 0.415 e. The van der Waals surface area contributed by atoms with Crippen LogP contribution in [0.15, 0.2) is 102 Å². The Balaban J connectivity index is 0.606. The molecule has 30 nitrogen and oxygen atoms in total. The van der Waals surface area contributed by atoms with E-state index in [0.29, 0.717) is 144 Å². The summed E-state index contributed by atoms with van der Waals surface area (Å²) >= 11 is 17.3. The molecule has 0 spiro atoms. The highest BCUT2D eigenvalue weighted by molar-refractivity contribution is 7.80. The molecule has 111 heavy (non-hydrogen) atoms. The van der Waals surface area contributed by atoms with Crippen molar-refractivity contribution in [2.24, 2.45) is 28.9 Å². The number of alkyl halides is 2. The Morgan fingerprint density at radius 1 is 0.667 bits per heavy atom. The van der Waals surface area contributed by atoms with Gasteiger partial charge in [-0.3, -0.25) is 28.8 Å². The summed E-state index contributed by atoms with van der Waals surface area (Å²) in [6.07, 6.45) is 3.44. The number of nitrogens with two attached hydrogens (primary N) is 1. The molecule has 5 aromatic carbocycles. The van der Waals surface area contributed by atoms with Crippen molar-refractivity contribution >= 4 is 131 Å². The van der Waals surface area contributed by atoms with Gasteiger partial charge in [0, 0.05) is 124 Å². The molecule has 0 radical (unpaired) electrons. The number of carbonyl (C=O) groups excluding carboxylic acids is 8. The lowest BCUT2D eigenvalue weighted by Gasteiger charge is -2.40. The fourth-order valence-corrected chi connectivity index (χ4v) is 15.3. The largest absolute Gasteiger partial charge is 0.445 e. The van der Waals surface area contributed by atoms with Crippen molar-refractivity contribution in [3.8, 4) is 11.5 Å². The van der Waals surface area contributed by atoms with Crippen LogP contribution in [0.1, 0.15) is 91.3 Å². The summed E-state index contributed by atoms with van der Waals surface area (Å²) < 4.78 is 50.4. The highest BCUT2D eigenvalue weighted by atomic mass is 35.5. The van der Waals surface area contributed by atoms with Crippen LogP contribution in [-0.4, -0.2) is 234 Å². The lowest BCUT2D eigenvalue weighted by Crippen LogP contribution is -2.54. The number of carbonyl (C=O) groups is 8. The van der Waals surface area contributed by atoms with Crippen LogP contribution in [0, 0.1) is 23.2 Å². The van der Waals surface area contributed by atoms with Crippen molar-refractivity contribution in [2.75, 3.05) is 160 Å². The average Bonchev–Trinajstić information content (AvgIpc) is 1.55. The van der Waals surface area contributed by atoms with Crippen molar-refractivity contribution in [1.82, 2.24) is 35.7 Å². The molecule has 3 fully saturated rings. The Labute approximate surface area is 661 Å². The molecule has 1 aromatic heterocycles. The molecule has 6 aromatic rings. The van der Waals surface area contributed by atoms with Gasteiger partial charge in [-0.05, 0) is 90.1 Å². The summed E-state index contributed by atoms with van der Waals surface area (Å²) in [5, 5.41) is 14.3. The van der Waals surface area contributed by atoms with Gasteiger partial charge in [-0.1, -0.05) is 74.5 Å². The Hall–Kier alpha value is -8.14. The second-order valence-electron chi connectivity index (χ2n) is 28.1. The summed E-state index contributed by atoms with van der Waals surface area (Å²) in [5.41, 5.74) is 9.31. The van der Waals surface area contributed by atoms with Gasteiger partial charge in [0.05, 0.1) is 102 Å². The molecule has 11 rings (SSSR count). The van der Waals surface area contributed by atoms with Crippen molar-refractivity contribution < 1.29 is 90.6 Å². The van der Waals surface area contributed by atoms with E-state index in [1.54, 1.807) is 67.1 Å². The second kappa shape index (κ2) is 41.6. The van der Waals surface area contributed by atoms with Crippen molar-refractivity contribution in [2.45, 2.75) is 88.1 Å². The standard InChI is InChI=1S/C77H98Cl2N11O19PS/c1-48(2)68(86-65(91)19-24-101-26-28-103-30-32-105-34-35-106-33-31-104-29-27-102-25-21-81-69(92)53-43-82-74(111)83-44-53)71(94)85-60(14-9-20-80)70(93)84-54-17-15-49(16-18-54)47-107-75(97)87(3)22-23-88(4)76(98)108-63-36-61-66(57-12-7-5-10-55(57)63)51(41-78)45-89(61)72(95)59-40-77(38-50(59)39-77)73(96)90-46-52(42-79)67-58-13-8-6-11-56(58)64(37-62(67)90)109-110(99)100/h5-8,10-13,15-18,36-37,43-44,48,50-52,59-60,68,99-100H,9,14,19-35,38-42,45-47,80H2,1-4H3,(H,81,92)(H,84,93)(H,85,94)(H,86,91)(H,82,83,111)/t50?,51-,52-,59?,60+,68?,77?/m1/s1. The Kier molecular flexibility index (Phi) is 32.0. The van der Waals surface area contributed by atoms with Crippen LogP contribution in [0.4, 0.5) is 26.7 Å². The molecule has 8 amide bonds. The molecule has 34 heteroatoms. The van der Waals surface area contributed by atoms with Gasteiger partial charge in [0.25, 0.3) is 5.91 Å². The van der Waals surface area contributed by atoms with E-state index in [9.17, 15) is 43.3 Å². The third kappa shape index (κ3) is 22.4. The molecular formula is C77H98Cl2N11O19PS. The quantitative estimate of drug-likeness (QED) is 0.00590. The minimum absolute atomic E-state index is 0.0171. The van der Waals surface area contributed by atoms with E-state index in [-0.39, 0.29) is 129 Å². The third-order valence-electron chi connectivity index (χ3n) is 20.1. The Bertz CT molecular complexity index is 4190. The van der Waals surface area contributed by atoms with Crippen LogP contribution in [-0.2, 0) is 63.7 Å². The van der Waals surface area contributed by atoms with Crippen molar-refractivity contribution in [1.29, 1.82) is 0 Å². The summed E-state index contributed by atoms with van der Waals surface area (Å²) in [5.74, 6) is -2.33. The molecule has 2 aliphatic heterocycles. The van der Waals surface area contributed by atoms with Gasteiger partial charge >= 0.3 is 20.8 Å². The monoisotopic (exact) mass is 1610 g/mol. The summed E-state index contributed by atoms with van der Waals surface area (Å²) in [7, 11) is 0.329. The predicted molar refractivity (Wildman–Crippen MR) is 419 cm³/mol. The van der Waals surface area contributed by atoms with E-state index < -0.39 is 61.9 Å². The van der Waals surface area contributed by atoms with Crippen LogP contribution < -0.4 is 46.1 Å². The number of thiol groups is 1. The molecule has 2 unspecified atom stereocenters. The molecule has 2 bridgehead atoms. The number of anilines is 3. The van der Waals surface area contributed by atoms with Crippen LogP contribution in [0.25, 0.3) is 21.5 Å². The van der Waals surface area contributed by atoms with Crippen LogP contribution in [0.3, 0.4) is 0 Å². The van der Waals surface area contributed by atoms with E-state index in [1.807, 2.05) is 48.5 Å². The number of benzene rings is 5. The first kappa shape index (κ1) is 85.3. The predicted octanol–water partition coefficient (Wildman–Crippen LogP) is 8.04. The maximum atomic E-state index is 15.0. The summed E-state index contributed by atoms with van der Waals surface area (Å²) in [4.78, 5) is 143. The zero-order valence-corrected chi connectivity index (χ0v) is 65.9. The number of hydrogen-bond donors (Lipinski definition) is 8. The number of ether oxygens (including phenoxy) is 8. The minimum Gasteiger partial charge on any atom is -0.445 e. The highest BCUT2D eigenvalue weighted by Gasteiger charge is 2.64. The third-order valence-corrected chi connectivity index (χ3v) is 21.4. The first-order chi connectivity index (χ1) is 53.6. The summed E-state index contributed by atoms with van der Waals surface area (Å²) in [6.45, 7) is 8.67. The molecule has 600 valence electrons. The van der Waals surface area contributed by atoms with Crippen molar-refractivity contribution in [3.63, 3.8) is 0 Å². The zero-order chi connectivity index (χ0) is 79.1. The van der Waals surface area contributed by atoms with Crippen LogP contribution >= 0.6 is 44.4 Å².